The highest BCUT2D eigenvalue weighted by Gasteiger charge is 2.25. The number of nitrogens with zero attached hydrogens (tertiary/aromatic N) is 3. The van der Waals surface area contributed by atoms with Crippen LogP contribution in [0.1, 0.15) is 59.5 Å². The van der Waals surface area contributed by atoms with Crippen molar-refractivity contribution in [2.45, 2.75) is 52.5 Å². The molecule has 1 amide bonds. The zero-order valence-corrected chi connectivity index (χ0v) is 16.9. The predicted octanol–water partition coefficient (Wildman–Crippen LogP) is 3.63. The largest absolute Gasteiger partial charge is 0.478 e. The summed E-state index contributed by atoms with van der Waals surface area (Å²) in [6, 6.07) is 9.29. The molecule has 1 aromatic heterocycles. The molecule has 1 fully saturated rings. The van der Waals surface area contributed by atoms with Crippen LogP contribution in [0.4, 0.5) is 0 Å². The van der Waals surface area contributed by atoms with E-state index in [2.05, 4.69) is 5.10 Å². The van der Waals surface area contributed by atoms with Crippen molar-refractivity contribution in [2.24, 2.45) is 5.92 Å². The molecule has 1 aromatic carbocycles. The first kappa shape index (κ1) is 20.1. The number of aromatic carboxylic acids is 1. The third-order valence-electron chi connectivity index (χ3n) is 5.66. The maximum absolute atomic E-state index is 12.7. The lowest BCUT2D eigenvalue weighted by Gasteiger charge is -2.33. The van der Waals surface area contributed by atoms with Crippen LogP contribution in [0.3, 0.4) is 0 Å². The van der Waals surface area contributed by atoms with Gasteiger partial charge in [-0.05, 0) is 63.6 Å². The summed E-state index contributed by atoms with van der Waals surface area (Å²) in [6.45, 7) is 7.49. The Balaban J connectivity index is 1.53. The first-order chi connectivity index (χ1) is 13.3. The molecule has 0 radical (unpaired) electrons. The van der Waals surface area contributed by atoms with Crippen molar-refractivity contribution in [3.05, 3.63) is 52.8 Å². The number of carbonyl (C=O) groups excluding carboxylic acids is 1. The Kier molecular flexibility index (Phi) is 6.17. The van der Waals surface area contributed by atoms with Gasteiger partial charge in [0.2, 0.25) is 5.91 Å². The monoisotopic (exact) mass is 383 g/mol. The smallest absolute Gasteiger partial charge is 0.335 e. The molecule has 2 aromatic rings. The number of rotatable bonds is 6. The highest BCUT2D eigenvalue weighted by Crippen LogP contribution is 2.25. The number of hydrogen-bond donors (Lipinski definition) is 1. The standard InChI is InChI=1S/C22H29N3O3/c1-15-12-16(2)25(23-15)17(3)13-21(26)24-10-8-18(9-11-24)14-19-6-4-5-7-20(19)22(27)28/h4-7,12,17-18H,8-11,13-14H2,1-3H3,(H,27,28). The maximum atomic E-state index is 12.7. The number of aromatic nitrogens is 2. The van der Waals surface area contributed by atoms with Crippen molar-refractivity contribution in [3.8, 4) is 0 Å². The molecule has 0 bridgehead atoms. The summed E-state index contributed by atoms with van der Waals surface area (Å²) in [6.07, 6.45) is 3.03. The van der Waals surface area contributed by atoms with Crippen molar-refractivity contribution in [2.75, 3.05) is 13.1 Å². The average molecular weight is 383 g/mol. The van der Waals surface area contributed by atoms with Gasteiger partial charge in [0.25, 0.3) is 0 Å². The molecule has 1 unspecified atom stereocenters. The van der Waals surface area contributed by atoms with E-state index >= 15 is 0 Å². The topological polar surface area (TPSA) is 75.4 Å². The van der Waals surface area contributed by atoms with Gasteiger partial charge in [-0.15, -0.1) is 0 Å². The van der Waals surface area contributed by atoms with E-state index in [1.54, 1.807) is 12.1 Å². The molecule has 1 aliphatic rings. The van der Waals surface area contributed by atoms with E-state index in [0.29, 0.717) is 17.9 Å². The molecule has 1 N–H and O–H groups in total. The van der Waals surface area contributed by atoms with Crippen LogP contribution in [0.15, 0.2) is 30.3 Å². The van der Waals surface area contributed by atoms with Crippen LogP contribution in [-0.4, -0.2) is 44.8 Å². The second-order valence-corrected chi connectivity index (χ2v) is 7.92. The molecule has 0 spiro atoms. The summed E-state index contributed by atoms with van der Waals surface area (Å²) in [5.74, 6) is -0.288. The number of benzene rings is 1. The van der Waals surface area contributed by atoms with E-state index in [4.69, 9.17) is 0 Å². The highest BCUT2D eigenvalue weighted by molar-refractivity contribution is 5.89. The lowest BCUT2D eigenvalue weighted by atomic mass is 9.88. The van der Waals surface area contributed by atoms with E-state index in [9.17, 15) is 14.7 Å². The fraction of sp³-hybridized carbons (Fsp3) is 0.500. The molecule has 0 saturated carbocycles. The summed E-state index contributed by atoms with van der Waals surface area (Å²) in [5.41, 5.74) is 3.32. The van der Waals surface area contributed by atoms with Gasteiger partial charge in [0.15, 0.2) is 0 Å². The second-order valence-electron chi connectivity index (χ2n) is 7.92. The first-order valence-electron chi connectivity index (χ1n) is 9.97. The van der Waals surface area contributed by atoms with Crippen molar-refractivity contribution in [3.63, 3.8) is 0 Å². The molecule has 6 nitrogen and oxygen atoms in total. The van der Waals surface area contributed by atoms with Crippen LogP contribution in [0.5, 0.6) is 0 Å². The summed E-state index contributed by atoms with van der Waals surface area (Å²) in [4.78, 5) is 26.1. The second kappa shape index (κ2) is 8.59. The number of piperidine rings is 1. The molecule has 3 rings (SSSR count). The average Bonchev–Trinajstić information content (AvgIpc) is 3.01. The van der Waals surface area contributed by atoms with Crippen molar-refractivity contribution in [1.29, 1.82) is 0 Å². The van der Waals surface area contributed by atoms with E-state index in [1.807, 2.05) is 48.6 Å². The minimum absolute atomic E-state index is 0.0429. The normalized spacial score (nSPS) is 16.2. The molecule has 28 heavy (non-hydrogen) atoms. The fourth-order valence-corrected chi connectivity index (χ4v) is 4.17. The molecule has 6 heteroatoms. The minimum Gasteiger partial charge on any atom is -0.478 e. The Labute approximate surface area is 166 Å². The van der Waals surface area contributed by atoms with Crippen molar-refractivity contribution in [1.82, 2.24) is 14.7 Å². The van der Waals surface area contributed by atoms with Gasteiger partial charge >= 0.3 is 5.97 Å². The Morgan fingerprint density at radius 3 is 2.50 bits per heavy atom. The van der Waals surface area contributed by atoms with Crippen molar-refractivity contribution < 1.29 is 14.7 Å². The van der Waals surface area contributed by atoms with Gasteiger partial charge in [0.1, 0.15) is 0 Å². The van der Waals surface area contributed by atoms with E-state index < -0.39 is 5.97 Å². The van der Waals surface area contributed by atoms with Gasteiger partial charge in [0, 0.05) is 25.2 Å². The summed E-state index contributed by atoms with van der Waals surface area (Å²) < 4.78 is 1.93. The van der Waals surface area contributed by atoms with Gasteiger partial charge < -0.3 is 10.0 Å². The number of carboxylic acids is 1. The van der Waals surface area contributed by atoms with Gasteiger partial charge in [-0.2, -0.15) is 5.10 Å². The maximum Gasteiger partial charge on any atom is 0.335 e. The SMILES string of the molecule is Cc1cc(C)n(C(C)CC(=O)N2CCC(Cc3ccccc3C(=O)O)CC2)n1. The highest BCUT2D eigenvalue weighted by atomic mass is 16.4. The lowest BCUT2D eigenvalue weighted by Crippen LogP contribution is -2.39. The van der Waals surface area contributed by atoms with Crippen LogP contribution >= 0.6 is 0 Å². The number of amides is 1. The summed E-state index contributed by atoms with van der Waals surface area (Å²) in [7, 11) is 0. The number of likely N-dealkylation sites (tertiary alicyclic amines) is 1. The Hall–Kier alpha value is -2.63. The number of carbonyl (C=O) groups is 2. The summed E-state index contributed by atoms with van der Waals surface area (Å²) >= 11 is 0. The Morgan fingerprint density at radius 2 is 1.89 bits per heavy atom. The Morgan fingerprint density at radius 1 is 1.21 bits per heavy atom. The number of carboxylic acid groups (broad SMARTS) is 1. The number of aryl methyl sites for hydroxylation is 2. The minimum atomic E-state index is -0.874. The lowest BCUT2D eigenvalue weighted by molar-refractivity contribution is -0.133. The van der Waals surface area contributed by atoms with Gasteiger partial charge in [-0.1, -0.05) is 18.2 Å². The molecular formula is C22H29N3O3. The summed E-state index contributed by atoms with van der Waals surface area (Å²) in [5, 5.41) is 13.8. The van der Waals surface area contributed by atoms with Crippen LogP contribution in [0.2, 0.25) is 0 Å². The number of hydrogen-bond acceptors (Lipinski definition) is 3. The van der Waals surface area contributed by atoms with Gasteiger partial charge in [0.05, 0.1) is 17.3 Å². The zero-order chi connectivity index (χ0) is 20.3. The van der Waals surface area contributed by atoms with Crippen LogP contribution < -0.4 is 0 Å². The van der Waals surface area contributed by atoms with Crippen LogP contribution in [0, 0.1) is 19.8 Å². The molecule has 1 saturated heterocycles. The zero-order valence-electron chi connectivity index (χ0n) is 16.9. The van der Waals surface area contributed by atoms with Crippen LogP contribution in [-0.2, 0) is 11.2 Å². The van der Waals surface area contributed by atoms with E-state index in [-0.39, 0.29) is 11.9 Å². The molecule has 2 heterocycles. The molecule has 0 aliphatic carbocycles. The molecule has 150 valence electrons. The quantitative estimate of drug-likeness (QED) is 0.826. The molecular weight excluding hydrogens is 354 g/mol. The molecule has 1 atom stereocenters. The predicted molar refractivity (Wildman–Crippen MR) is 107 cm³/mol. The Bertz CT molecular complexity index is 850. The first-order valence-corrected chi connectivity index (χ1v) is 9.97. The fourth-order valence-electron chi connectivity index (χ4n) is 4.17. The third kappa shape index (κ3) is 4.61. The molecule has 1 aliphatic heterocycles. The van der Waals surface area contributed by atoms with Crippen LogP contribution in [0.25, 0.3) is 0 Å². The van der Waals surface area contributed by atoms with Gasteiger partial charge in [-0.25, -0.2) is 4.79 Å². The van der Waals surface area contributed by atoms with E-state index in [0.717, 1.165) is 49.3 Å². The van der Waals surface area contributed by atoms with Crippen molar-refractivity contribution >= 4 is 11.9 Å². The van der Waals surface area contributed by atoms with Gasteiger partial charge in [-0.3, -0.25) is 9.48 Å². The third-order valence-corrected chi connectivity index (χ3v) is 5.66. The van der Waals surface area contributed by atoms with E-state index in [1.165, 1.54) is 0 Å².